The van der Waals surface area contributed by atoms with E-state index in [-0.39, 0.29) is 12.1 Å². The quantitative estimate of drug-likeness (QED) is 0.798. The number of Topliss-reactive ketones (excluding diaryl/α,β-unsaturated/α-hetero) is 1. The molecule has 0 saturated carbocycles. The second-order valence-electron chi connectivity index (χ2n) is 5.63. The van der Waals surface area contributed by atoms with Gasteiger partial charge in [-0.3, -0.25) is 4.79 Å². The minimum Gasteiger partial charge on any atom is -0.447 e. The molecular formula is C14H22F3NO3. The summed E-state index contributed by atoms with van der Waals surface area (Å²) in [6.07, 6.45) is -4.56. The second-order valence-corrected chi connectivity index (χ2v) is 5.63. The number of halogens is 3. The normalized spacial score (nSPS) is 23.3. The van der Waals surface area contributed by atoms with E-state index < -0.39 is 30.4 Å². The summed E-state index contributed by atoms with van der Waals surface area (Å²) in [6.45, 7) is 5.69. The van der Waals surface area contributed by atoms with Crippen molar-refractivity contribution in [2.75, 3.05) is 6.54 Å². The Kier molecular flexibility index (Phi) is 6.04. The lowest BCUT2D eigenvalue weighted by molar-refractivity contribution is -0.172. The first-order valence-corrected chi connectivity index (χ1v) is 7.24. The van der Waals surface area contributed by atoms with Gasteiger partial charge < -0.3 is 9.64 Å². The van der Waals surface area contributed by atoms with Crippen LogP contribution in [-0.4, -0.2) is 41.6 Å². The third kappa shape index (κ3) is 4.89. The lowest BCUT2D eigenvalue weighted by Gasteiger charge is -2.40. The van der Waals surface area contributed by atoms with E-state index in [1.165, 1.54) is 4.90 Å². The molecule has 7 heteroatoms. The van der Waals surface area contributed by atoms with Gasteiger partial charge in [0.05, 0.1) is 6.10 Å². The van der Waals surface area contributed by atoms with Crippen molar-refractivity contribution < 1.29 is 27.5 Å². The Morgan fingerprint density at radius 2 is 1.95 bits per heavy atom. The molecular weight excluding hydrogens is 287 g/mol. The van der Waals surface area contributed by atoms with Crippen molar-refractivity contribution in [3.8, 4) is 0 Å². The predicted octanol–water partition coefficient (Wildman–Crippen LogP) is 3.54. The largest absolute Gasteiger partial charge is 0.449 e. The minimum absolute atomic E-state index is 0.285. The molecule has 2 unspecified atom stereocenters. The molecule has 1 heterocycles. The van der Waals surface area contributed by atoms with Gasteiger partial charge in [0.2, 0.25) is 5.78 Å². The Balaban J connectivity index is 2.77. The highest BCUT2D eigenvalue weighted by Crippen LogP contribution is 2.32. The van der Waals surface area contributed by atoms with Crippen LogP contribution in [0, 0.1) is 5.92 Å². The van der Waals surface area contributed by atoms with Crippen molar-refractivity contribution in [1.29, 1.82) is 0 Å². The number of hydrogen-bond donors (Lipinski definition) is 0. The van der Waals surface area contributed by atoms with E-state index in [2.05, 4.69) is 0 Å². The van der Waals surface area contributed by atoms with Gasteiger partial charge in [0, 0.05) is 19.0 Å². The second kappa shape index (κ2) is 7.13. The van der Waals surface area contributed by atoms with Gasteiger partial charge in [-0.25, -0.2) is 4.79 Å². The van der Waals surface area contributed by atoms with Gasteiger partial charge >= 0.3 is 12.3 Å². The molecule has 0 aliphatic carbocycles. The maximum Gasteiger partial charge on any atom is 0.449 e. The third-order valence-electron chi connectivity index (χ3n) is 3.67. The number of piperidine rings is 1. The van der Waals surface area contributed by atoms with Crippen molar-refractivity contribution in [2.45, 2.75) is 64.8 Å². The van der Waals surface area contributed by atoms with Crippen molar-refractivity contribution >= 4 is 11.9 Å². The zero-order valence-electron chi connectivity index (χ0n) is 12.6. The number of carbonyl (C=O) groups is 2. The topological polar surface area (TPSA) is 46.6 Å². The maximum atomic E-state index is 12.4. The summed E-state index contributed by atoms with van der Waals surface area (Å²) in [5, 5.41) is 0. The van der Waals surface area contributed by atoms with Crippen molar-refractivity contribution in [1.82, 2.24) is 4.90 Å². The number of amides is 1. The van der Waals surface area contributed by atoms with Gasteiger partial charge in [-0.05, 0) is 39.0 Å². The van der Waals surface area contributed by atoms with Crippen LogP contribution in [0.4, 0.5) is 18.0 Å². The summed E-state index contributed by atoms with van der Waals surface area (Å²) in [4.78, 5) is 24.7. The van der Waals surface area contributed by atoms with Gasteiger partial charge in [-0.1, -0.05) is 6.92 Å². The van der Waals surface area contributed by atoms with Gasteiger partial charge in [0.25, 0.3) is 0 Å². The van der Waals surface area contributed by atoms with Crippen LogP contribution in [0.5, 0.6) is 0 Å². The number of alkyl halides is 3. The zero-order chi connectivity index (χ0) is 16.2. The lowest BCUT2D eigenvalue weighted by atomic mass is 9.84. The molecule has 0 N–H and O–H groups in total. The van der Waals surface area contributed by atoms with E-state index in [9.17, 15) is 22.8 Å². The number of rotatable bonds is 4. The van der Waals surface area contributed by atoms with Crippen LogP contribution in [0.25, 0.3) is 0 Å². The number of hydrogen-bond acceptors (Lipinski definition) is 3. The Hall–Kier alpha value is -1.27. The molecule has 0 aromatic carbocycles. The molecule has 4 nitrogen and oxygen atoms in total. The molecule has 0 bridgehead atoms. The number of carbonyl (C=O) groups excluding carboxylic acids is 2. The van der Waals surface area contributed by atoms with Gasteiger partial charge in [0.1, 0.15) is 0 Å². The van der Waals surface area contributed by atoms with Crippen LogP contribution in [0.2, 0.25) is 0 Å². The van der Waals surface area contributed by atoms with Crippen LogP contribution in [0.3, 0.4) is 0 Å². The van der Waals surface area contributed by atoms with E-state index >= 15 is 0 Å². The maximum absolute atomic E-state index is 12.4. The molecule has 0 radical (unpaired) electrons. The summed E-state index contributed by atoms with van der Waals surface area (Å²) in [5.41, 5.74) is 0. The first-order valence-electron chi connectivity index (χ1n) is 7.24. The summed E-state index contributed by atoms with van der Waals surface area (Å²) in [5.74, 6) is -2.18. The van der Waals surface area contributed by atoms with E-state index in [1.807, 2.05) is 0 Å². The van der Waals surface area contributed by atoms with E-state index in [0.717, 1.165) is 0 Å². The summed E-state index contributed by atoms with van der Waals surface area (Å²) in [6, 6.07) is -0.378. The summed E-state index contributed by atoms with van der Waals surface area (Å²) >= 11 is 0. The molecule has 1 fully saturated rings. The molecule has 2 atom stereocenters. The van der Waals surface area contributed by atoms with Crippen LogP contribution >= 0.6 is 0 Å². The van der Waals surface area contributed by atoms with Crippen molar-refractivity contribution in [2.24, 2.45) is 5.92 Å². The van der Waals surface area contributed by atoms with Gasteiger partial charge in [-0.15, -0.1) is 0 Å². The standard InChI is InChI=1S/C14H22F3NO3/c1-4-11-10(8-12(19)14(15,16)17)6-5-7-18(11)13(20)21-9(2)3/h9-11H,4-8H2,1-3H3. The molecule has 0 aromatic heterocycles. The first-order chi connectivity index (χ1) is 9.66. The molecule has 21 heavy (non-hydrogen) atoms. The fourth-order valence-electron chi connectivity index (χ4n) is 2.78. The Bertz CT molecular complexity index is 382. The van der Waals surface area contributed by atoms with Crippen molar-refractivity contribution in [3.05, 3.63) is 0 Å². The summed E-state index contributed by atoms with van der Waals surface area (Å²) < 4.78 is 42.3. The smallest absolute Gasteiger partial charge is 0.447 e. The molecule has 1 aliphatic rings. The minimum atomic E-state index is -4.81. The molecule has 1 saturated heterocycles. The SMILES string of the molecule is CCC1C(CC(=O)C(F)(F)F)CCCN1C(=O)OC(C)C. The fourth-order valence-corrected chi connectivity index (χ4v) is 2.78. The molecule has 122 valence electrons. The highest BCUT2D eigenvalue weighted by atomic mass is 19.4. The van der Waals surface area contributed by atoms with Crippen LogP contribution in [-0.2, 0) is 9.53 Å². The Labute approximate surface area is 122 Å². The average Bonchev–Trinajstić information content (AvgIpc) is 2.36. The molecule has 1 rings (SSSR count). The van der Waals surface area contributed by atoms with Gasteiger partial charge in [-0.2, -0.15) is 13.2 Å². The zero-order valence-corrected chi connectivity index (χ0v) is 12.6. The molecule has 1 aliphatic heterocycles. The number of likely N-dealkylation sites (tertiary alicyclic amines) is 1. The average molecular weight is 309 g/mol. The molecule has 0 aromatic rings. The molecule has 1 amide bonds. The van der Waals surface area contributed by atoms with Crippen LogP contribution in [0.15, 0.2) is 0 Å². The van der Waals surface area contributed by atoms with E-state index in [4.69, 9.17) is 4.74 Å². The highest BCUT2D eigenvalue weighted by molar-refractivity contribution is 5.84. The highest BCUT2D eigenvalue weighted by Gasteiger charge is 2.42. The van der Waals surface area contributed by atoms with Crippen LogP contribution in [0.1, 0.15) is 46.5 Å². The van der Waals surface area contributed by atoms with Crippen LogP contribution < -0.4 is 0 Å². The van der Waals surface area contributed by atoms with E-state index in [1.54, 1.807) is 20.8 Å². The Morgan fingerprint density at radius 1 is 1.33 bits per heavy atom. The Morgan fingerprint density at radius 3 is 2.43 bits per heavy atom. The number of ketones is 1. The summed E-state index contributed by atoms with van der Waals surface area (Å²) in [7, 11) is 0. The number of nitrogens with zero attached hydrogens (tertiary/aromatic N) is 1. The predicted molar refractivity (Wildman–Crippen MR) is 70.8 cm³/mol. The molecule has 0 spiro atoms. The third-order valence-corrected chi connectivity index (χ3v) is 3.67. The number of ether oxygens (including phenoxy) is 1. The fraction of sp³-hybridized carbons (Fsp3) is 0.857. The van der Waals surface area contributed by atoms with E-state index in [0.29, 0.717) is 25.8 Å². The first kappa shape index (κ1) is 17.8. The van der Waals surface area contributed by atoms with Crippen molar-refractivity contribution in [3.63, 3.8) is 0 Å². The van der Waals surface area contributed by atoms with Gasteiger partial charge in [0.15, 0.2) is 0 Å². The lowest BCUT2D eigenvalue weighted by Crippen LogP contribution is -2.49. The monoisotopic (exact) mass is 309 g/mol.